The van der Waals surface area contributed by atoms with Crippen LogP contribution in [0.1, 0.15) is 24.8 Å². The van der Waals surface area contributed by atoms with E-state index in [9.17, 15) is 8.78 Å². The second-order valence-corrected chi connectivity index (χ2v) is 6.45. The molecule has 0 radical (unpaired) electrons. The van der Waals surface area contributed by atoms with Crippen molar-refractivity contribution in [2.75, 3.05) is 6.54 Å². The number of halogens is 3. The Balaban J connectivity index is 1.94. The van der Waals surface area contributed by atoms with Crippen LogP contribution in [-0.4, -0.2) is 18.8 Å². The highest BCUT2D eigenvalue weighted by Gasteiger charge is 2.51. The molecule has 19 heavy (non-hydrogen) atoms. The van der Waals surface area contributed by atoms with Crippen molar-refractivity contribution < 1.29 is 13.5 Å². The lowest BCUT2D eigenvalue weighted by atomic mass is 9.70. The zero-order valence-corrected chi connectivity index (χ0v) is 12.1. The maximum Gasteiger partial charge on any atom is 0.143 e. The molecule has 0 aromatic heterocycles. The van der Waals surface area contributed by atoms with E-state index in [2.05, 4.69) is 15.9 Å². The minimum absolute atomic E-state index is 0.0419. The van der Waals surface area contributed by atoms with Crippen molar-refractivity contribution in [1.29, 1.82) is 0 Å². The van der Waals surface area contributed by atoms with E-state index in [4.69, 9.17) is 10.5 Å². The van der Waals surface area contributed by atoms with Crippen LogP contribution in [0.5, 0.6) is 0 Å². The molecule has 0 amide bonds. The van der Waals surface area contributed by atoms with Crippen LogP contribution < -0.4 is 5.73 Å². The first-order valence-electron chi connectivity index (χ1n) is 6.53. The van der Waals surface area contributed by atoms with E-state index in [0.717, 1.165) is 19.3 Å². The van der Waals surface area contributed by atoms with E-state index in [0.29, 0.717) is 17.4 Å². The molecule has 0 spiro atoms. The SMILES string of the molecule is NCC1(Cc2c(F)ccc(Br)c2F)CC2CCC1O2. The molecule has 2 aliphatic heterocycles. The van der Waals surface area contributed by atoms with Gasteiger partial charge in [0.05, 0.1) is 16.7 Å². The zero-order chi connectivity index (χ0) is 13.6. The third-order valence-electron chi connectivity index (χ3n) is 4.50. The van der Waals surface area contributed by atoms with Crippen LogP contribution in [-0.2, 0) is 11.2 Å². The maximum atomic E-state index is 14.1. The van der Waals surface area contributed by atoms with Crippen LogP contribution >= 0.6 is 15.9 Å². The van der Waals surface area contributed by atoms with Crippen LogP contribution in [0.25, 0.3) is 0 Å². The number of nitrogens with two attached hydrogens (primary N) is 1. The third kappa shape index (κ3) is 2.12. The van der Waals surface area contributed by atoms with Gasteiger partial charge in [0.15, 0.2) is 0 Å². The monoisotopic (exact) mass is 331 g/mol. The summed E-state index contributed by atoms with van der Waals surface area (Å²) in [6, 6.07) is 2.68. The number of hydrogen-bond donors (Lipinski definition) is 1. The summed E-state index contributed by atoms with van der Waals surface area (Å²) >= 11 is 3.11. The fraction of sp³-hybridized carbons (Fsp3) is 0.571. The summed E-state index contributed by atoms with van der Waals surface area (Å²) in [5.74, 6) is -1.02. The van der Waals surface area contributed by atoms with E-state index >= 15 is 0 Å². The summed E-state index contributed by atoms with van der Waals surface area (Å²) in [5.41, 5.74) is 5.71. The average Bonchev–Trinajstić information content (AvgIpc) is 3.00. The molecule has 2 bridgehead atoms. The van der Waals surface area contributed by atoms with Gasteiger partial charge in [0.2, 0.25) is 0 Å². The van der Waals surface area contributed by atoms with Crippen molar-refractivity contribution in [2.24, 2.45) is 11.1 Å². The molecule has 0 saturated carbocycles. The molecule has 3 rings (SSSR count). The molecule has 2 N–H and O–H groups in total. The van der Waals surface area contributed by atoms with Crippen molar-refractivity contribution >= 4 is 15.9 Å². The molecule has 5 heteroatoms. The quantitative estimate of drug-likeness (QED) is 0.863. The molecule has 3 atom stereocenters. The third-order valence-corrected chi connectivity index (χ3v) is 5.11. The summed E-state index contributed by atoms with van der Waals surface area (Å²) in [6.07, 6.45) is 3.35. The number of ether oxygens (including phenoxy) is 1. The highest BCUT2D eigenvalue weighted by atomic mass is 79.9. The van der Waals surface area contributed by atoms with Gasteiger partial charge in [-0.05, 0) is 53.7 Å². The minimum Gasteiger partial charge on any atom is -0.374 e. The van der Waals surface area contributed by atoms with Gasteiger partial charge < -0.3 is 10.5 Å². The van der Waals surface area contributed by atoms with Gasteiger partial charge in [0, 0.05) is 17.5 Å². The Bertz CT molecular complexity index is 510. The fourth-order valence-corrected chi connectivity index (χ4v) is 3.82. The maximum absolute atomic E-state index is 14.1. The number of hydrogen-bond acceptors (Lipinski definition) is 2. The van der Waals surface area contributed by atoms with Crippen LogP contribution in [0, 0.1) is 17.0 Å². The van der Waals surface area contributed by atoms with Crippen molar-refractivity contribution in [2.45, 2.75) is 37.9 Å². The predicted octanol–water partition coefficient (Wildman–Crippen LogP) is 3.17. The highest BCUT2D eigenvalue weighted by molar-refractivity contribution is 9.10. The first kappa shape index (κ1) is 13.5. The molecule has 2 fully saturated rings. The first-order chi connectivity index (χ1) is 9.05. The van der Waals surface area contributed by atoms with Crippen molar-refractivity contribution in [3.63, 3.8) is 0 Å². The Morgan fingerprint density at radius 3 is 2.74 bits per heavy atom. The van der Waals surface area contributed by atoms with Gasteiger partial charge in [-0.3, -0.25) is 0 Å². The van der Waals surface area contributed by atoms with Gasteiger partial charge in [-0.1, -0.05) is 0 Å². The number of fused-ring (bicyclic) bond motifs is 2. The smallest absolute Gasteiger partial charge is 0.143 e. The second kappa shape index (κ2) is 4.79. The van der Waals surface area contributed by atoms with E-state index in [1.54, 1.807) is 0 Å². The Morgan fingerprint density at radius 2 is 2.16 bits per heavy atom. The Morgan fingerprint density at radius 1 is 1.37 bits per heavy atom. The Kier molecular flexibility index (Phi) is 3.39. The van der Waals surface area contributed by atoms with E-state index in [-0.39, 0.29) is 23.2 Å². The lowest BCUT2D eigenvalue weighted by Crippen LogP contribution is -2.41. The van der Waals surface area contributed by atoms with Gasteiger partial charge in [0.1, 0.15) is 11.6 Å². The minimum atomic E-state index is -0.518. The van der Waals surface area contributed by atoms with Crippen LogP contribution in [0.2, 0.25) is 0 Å². The van der Waals surface area contributed by atoms with Crippen molar-refractivity contribution in [1.82, 2.24) is 0 Å². The van der Waals surface area contributed by atoms with E-state index in [1.165, 1.54) is 12.1 Å². The molecular weight excluding hydrogens is 316 g/mol. The molecule has 2 nitrogen and oxygen atoms in total. The second-order valence-electron chi connectivity index (χ2n) is 5.59. The molecule has 3 unspecified atom stereocenters. The molecule has 2 saturated heterocycles. The number of rotatable bonds is 3. The number of benzene rings is 1. The molecule has 2 heterocycles. The lowest BCUT2D eigenvalue weighted by Gasteiger charge is -2.34. The fourth-order valence-electron chi connectivity index (χ4n) is 3.45. The molecule has 104 valence electrons. The van der Waals surface area contributed by atoms with Gasteiger partial charge in [-0.2, -0.15) is 0 Å². The topological polar surface area (TPSA) is 35.2 Å². The largest absolute Gasteiger partial charge is 0.374 e. The molecule has 1 aromatic carbocycles. The first-order valence-corrected chi connectivity index (χ1v) is 7.33. The highest BCUT2D eigenvalue weighted by Crippen LogP contribution is 2.49. The Labute approximate surface area is 119 Å². The summed E-state index contributed by atoms with van der Waals surface area (Å²) in [7, 11) is 0. The summed E-state index contributed by atoms with van der Waals surface area (Å²) in [5, 5.41) is 0. The van der Waals surface area contributed by atoms with Gasteiger partial charge in [-0.25, -0.2) is 8.78 Å². The standard InChI is InChI=1S/C14H16BrF2NO/c15-10-2-3-11(16)9(13(10)17)6-14(7-18)5-8-1-4-12(14)19-8/h2-3,8,12H,1,4-7,18H2. The molecular formula is C14H16BrF2NO. The summed E-state index contributed by atoms with van der Waals surface area (Å²) in [6.45, 7) is 0.402. The van der Waals surface area contributed by atoms with Crippen molar-refractivity contribution in [3.05, 3.63) is 33.8 Å². The predicted molar refractivity (Wildman–Crippen MR) is 71.8 cm³/mol. The van der Waals surface area contributed by atoms with Crippen LogP contribution in [0.3, 0.4) is 0 Å². The average molecular weight is 332 g/mol. The van der Waals surface area contributed by atoms with Gasteiger partial charge in [-0.15, -0.1) is 0 Å². The normalized spacial score (nSPS) is 33.1. The summed E-state index contributed by atoms with van der Waals surface area (Å²) < 4.78 is 34.1. The zero-order valence-electron chi connectivity index (χ0n) is 10.5. The summed E-state index contributed by atoms with van der Waals surface area (Å²) in [4.78, 5) is 0. The van der Waals surface area contributed by atoms with Crippen LogP contribution in [0.15, 0.2) is 16.6 Å². The van der Waals surface area contributed by atoms with E-state index in [1.807, 2.05) is 0 Å². The van der Waals surface area contributed by atoms with Gasteiger partial charge >= 0.3 is 0 Å². The molecule has 1 aromatic rings. The van der Waals surface area contributed by atoms with E-state index < -0.39 is 11.6 Å². The molecule has 0 aliphatic carbocycles. The lowest BCUT2D eigenvalue weighted by molar-refractivity contribution is 0.0629. The molecule has 2 aliphatic rings. The Hall–Kier alpha value is -0.520. The van der Waals surface area contributed by atoms with Gasteiger partial charge in [0.25, 0.3) is 0 Å². The van der Waals surface area contributed by atoms with Crippen molar-refractivity contribution in [3.8, 4) is 0 Å². The van der Waals surface area contributed by atoms with Crippen LogP contribution in [0.4, 0.5) is 8.78 Å².